The third-order valence-corrected chi connectivity index (χ3v) is 13.5. The Morgan fingerprint density at radius 3 is 1.92 bits per heavy atom. The Kier molecular flexibility index (Phi) is 5.99. The average Bonchev–Trinajstić information content (AvgIpc) is 3.37. The van der Waals surface area contributed by atoms with Crippen LogP contribution in [0, 0.1) is 44.4 Å². The lowest BCUT2D eigenvalue weighted by molar-refractivity contribution is -0.0442. The van der Waals surface area contributed by atoms with E-state index in [0.29, 0.717) is 16.8 Å². The van der Waals surface area contributed by atoms with E-state index in [0.717, 1.165) is 5.92 Å². The molecule has 6 rings (SSSR count). The molecule has 1 aliphatic heterocycles. The summed E-state index contributed by atoms with van der Waals surface area (Å²) in [4.78, 5) is 0. The molecule has 5 atom stereocenters. The maximum atomic E-state index is 7.07. The van der Waals surface area contributed by atoms with Gasteiger partial charge in [-0.05, 0) is 81.3 Å². The molecule has 0 aromatic heterocycles. The molecule has 0 unspecified atom stereocenters. The number of fused-ring (bicyclic) bond motifs is 5. The van der Waals surface area contributed by atoms with Gasteiger partial charge in [0.25, 0.3) is 0 Å². The van der Waals surface area contributed by atoms with E-state index in [1.165, 1.54) is 56.6 Å². The Balaban J connectivity index is 1.46. The minimum Gasteiger partial charge on any atom is -0.358 e. The van der Waals surface area contributed by atoms with Crippen molar-refractivity contribution in [3.8, 4) is 0 Å². The molecule has 2 bridgehead atoms. The molecule has 3 aromatic carbocycles. The van der Waals surface area contributed by atoms with Crippen molar-refractivity contribution in [2.75, 3.05) is 0 Å². The lowest BCUT2D eigenvalue weighted by atomic mass is 9.70. The standard InChI is InChI=1S/C33H39OPS/c1-20-14-21(2)17-24(16-20)35(25-18-22(3)15-23(4)19-25)28-11-9-8-10-26(28)31-34-30-29(36-31)27-12-13-33(30,7)32(27,5)6/h8-11,14-19,27,29-31H,12-13H2,1-7H3/t27-,29-,30-,31+,33+/m1/s1. The number of hydrogen-bond donors (Lipinski definition) is 0. The van der Waals surface area contributed by atoms with Gasteiger partial charge in [-0.2, -0.15) is 0 Å². The fraction of sp³-hybridized carbons (Fsp3) is 0.455. The molecule has 3 fully saturated rings. The summed E-state index contributed by atoms with van der Waals surface area (Å²) in [5.74, 6) is 0.759. The van der Waals surface area contributed by atoms with E-state index in [-0.39, 0.29) is 10.9 Å². The molecule has 188 valence electrons. The second-order valence-corrected chi connectivity index (χ2v) is 15.8. The zero-order chi connectivity index (χ0) is 25.4. The number of benzene rings is 3. The molecular formula is C33H39OPS. The van der Waals surface area contributed by atoms with Gasteiger partial charge in [0.1, 0.15) is 5.44 Å². The van der Waals surface area contributed by atoms with Gasteiger partial charge in [-0.15, -0.1) is 11.8 Å². The van der Waals surface area contributed by atoms with Crippen molar-refractivity contribution < 1.29 is 4.74 Å². The van der Waals surface area contributed by atoms with E-state index < -0.39 is 7.92 Å². The number of ether oxygens (including phenoxy) is 1. The molecule has 0 amide bonds. The first-order valence-electron chi connectivity index (χ1n) is 13.4. The summed E-state index contributed by atoms with van der Waals surface area (Å²) in [5, 5.41) is 4.95. The summed E-state index contributed by atoms with van der Waals surface area (Å²) in [6.07, 6.45) is 3.02. The largest absolute Gasteiger partial charge is 0.358 e. The van der Waals surface area contributed by atoms with Crippen molar-refractivity contribution in [2.45, 2.75) is 78.1 Å². The third kappa shape index (κ3) is 3.74. The van der Waals surface area contributed by atoms with Crippen LogP contribution >= 0.6 is 19.7 Å². The van der Waals surface area contributed by atoms with Crippen LogP contribution in [0.1, 0.15) is 66.9 Å². The molecule has 3 aromatic rings. The van der Waals surface area contributed by atoms with Crippen molar-refractivity contribution in [1.82, 2.24) is 0 Å². The Hall–Kier alpha value is -1.60. The predicted molar refractivity (Wildman–Crippen MR) is 158 cm³/mol. The highest BCUT2D eigenvalue weighted by Gasteiger charge is 2.69. The summed E-state index contributed by atoms with van der Waals surface area (Å²) < 4.78 is 7.07. The minimum atomic E-state index is -0.694. The Labute approximate surface area is 223 Å². The van der Waals surface area contributed by atoms with E-state index >= 15 is 0 Å². The lowest BCUT2D eigenvalue weighted by Crippen LogP contribution is -2.38. The first-order valence-corrected chi connectivity index (χ1v) is 15.7. The van der Waals surface area contributed by atoms with Crippen molar-refractivity contribution in [1.29, 1.82) is 0 Å². The molecule has 2 saturated carbocycles. The van der Waals surface area contributed by atoms with Gasteiger partial charge >= 0.3 is 0 Å². The van der Waals surface area contributed by atoms with Crippen LogP contribution in [-0.2, 0) is 4.74 Å². The summed E-state index contributed by atoms with van der Waals surface area (Å²) in [6, 6.07) is 23.4. The van der Waals surface area contributed by atoms with Gasteiger partial charge < -0.3 is 4.74 Å². The van der Waals surface area contributed by atoms with Gasteiger partial charge in [-0.25, -0.2) is 0 Å². The molecule has 0 radical (unpaired) electrons. The van der Waals surface area contributed by atoms with E-state index in [4.69, 9.17) is 4.74 Å². The van der Waals surface area contributed by atoms with Crippen molar-refractivity contribution >= 4 is 35.6 Å². The average molecular weight is 515 g/mol. The monoisotopic (exact) mass is 514 g/mol. The van der Waals surface area contributed by atoms with Gasteiger partial charge in [-0.1, -0.05) is 104 Å². The number of aryl methyl sites for hydroxylation is 4. The Morgan fingerprint density at radius 1 is 0.806 bits per heavy atom. The van der Waals surface area contributed by atoms with Gasteiger partial charge in [0.2, 0.25) is 0 Å². The van der Waals surface area contributed by atoms with Crippen LogP contribution in [0.4, 0.5) is 0 Å². The fourth-order valence-electron chi connectivity index (χ4n) is 7.54. The molecule has 2 aliphatic carbocycles. The summed E-state index contributed by atoms with van der Waals surface area (Å²) in [6.45, 7) is 16.4. The fourth-order valence-corrected chi connectivity index (χ4v) is 12.5. The Morgan fingerprint density at radius 2 is 1.36 bits per heavy atom. The molecule has 1 heterocycles. The number of rotatable bonds is 4. The van der Waals surface area contributed by atoms with Crippen LogP contribution in [0.2, 0.25) is 0 Å². The zero-order valence-corrected chi connectivity index (χ0v) is 24.5. The second-order valence-electron chi connectivity index (χ2n) is 12.4. The minimum absolute atomic E-state index is 0.119. The van der Waals surface area contributed by atoms with Gasteiger partial charge in [-0.3, -0.25) is 0 Å². The maximum absolute atomic E-state index is 7.07. The van der Waals surface area contributed by atoms with Crippen LogP contribution in [0.3, 0.4) is 0 Å². The first-order chi connectivity index (χ1) is 17.1. The van der Waals surface area contributed by atoms with Gasteiger partial charge in [0, 0.05) is 10.7 Å². The van der Waals surface area contributed by atoms with Crippen LogP contribution in [0.5, 0.6) is 0 Å². The molecule has 36 heavy (non-hydrogen) atoms. The van der Waals surface area contributed by atoms with Crippen LogP contribution in [-0.4, -0.2) is 11.4 Å². The topological polar surface area (TPSA) is 9.23 Å². The van der Waals surface area contributed by atoms with Crippen LogP contribution < -0.4 is 15.9 Å². The normalized spacial score (nSPS) is 30.2. The molecule has 0 N–H and O–H groups in total. The third-order valence-electron chi connectivity index (χ3n) is 9.61. The zero-order valence-electron chi connectivity index (χ0n) is 22.8. The lowest BCUT2D eigenvalue weighted by Gasteiger charge is -2.38. The molecule has 3 aliphatic rings. The summed E-state index contributed by atoms with van der Waals surface area (Å²) in [5.41, 5.74) is 7.52. The SMILES string of the molecule is Cc1cc(C)cc(P(c2cc(C)cc(C)c2)c2ccccc2[C@H]2O[C@@H]3[C@H](S2)[C@H]2CC[C@]3(C)C2(C)C)c1. The maximum Gasteiger partial charge on any atom is 0.129 e. The molecule has 1 nitrogen and oxygen atoms in total. The van der Waals surface area contributed by atoms with E-state index in [1.54, 1.807) is 0 Å². The molecule has 0 spiro atoms. The van der Waals surface area contributed by atoms with Crippen LogP contribution in [0.25, 0.3) is 0 Å². The van der Waals surface area contributed by atoms with E-state index in [1.807, 2.05) is 0 Å². The first kappa shape index (κ1) is 24.7. The quantitative estimate of drug-likeness (QED) is 0.331. The van der Waals surface area contributed by atoms with E-state index in [2.05, 4.69) is 121 Å². The molecule has 1 saturated heterocycles. The van der Waals surface area contributed by atoms with Crippen LogP contribution in [0.15, 0.2) is 60.7 Å². The van der Waals surface area contributed by atoms with Gasteiger partial charge in [0.15, 0.2) is 0 Å². The Bertz CT molecular complexity index is 1240. The van der Waals surface area contributed by atoms with Crippen molar-refractivity contribution in [3.05, 3.63) is 88.5 Å². The van der Waals surface area contributed by atoms with Crippen molar-refractivity contribution in [2.24, 2.45) is 16.7 Å². The predicted octanol–water partition coefficient (Wildman–Crippen LogP) is 7.63. The number of hydrogen-bond acceptors (Lipinski definition) is 2. The second kappa shape index (κ2) is 8.72. The van der Waals surface area contributed by atoms with Gasteiger partial charge in [0.05, 0.1) is 6.10 Å². The summed E-state index contributed by atoms with van der Waals surface area (Å²) in [7, 11) is -0.694. The number of thioether (sulfide) groups is 1. The smallest absolute Gasteiger partial charge is 0.129 e. The molecule has 3 heteroatoms. The van der Waals surface area contributed by atoms with Crippen molar-refractivity contribution in [3.63, 3.8) is 0 Å². The summed E-state index contributed by atoms with van der Waals surface area (Å²) >= 11 is 2.12. The molecular weight excluding hydrogens is 475 g/mol. The highest BCUT2D eigenvalue weighted by atomic mass is 32.2. The van der Waals surface area contributed by atoms with E-state index in [9.17, 15) is 0 Å². The highest BCUT2D eigenvalue weighted by molar-refractivity contribution is 8.00. The highest BCUT2D eigenvalue weighted by Crippen LogP contribution is 2.72.